The van der Waals surface area contributed by atoms with E-state index in [-0.39, 0.29) is 6.79 Å². The summed E-state index contributed by atoms with van der Waals surface area (Å²) in [7, 11) is 1.61. The van der Waals surface area contributed by atoms with Crippen LogP contribution >= 0.6 is 11.6 Å². The number of methoxy groups -OCH3 is 1. The summed E-state index contributed by atoms with van der Waals surface area (Å²) in [5, 5.41) is 3.97. The van der Waals surface area contributed by atoms with Crippen molar-refractivity contribution in [1.29, 1.82) is 0 Å². The van der Waals surface area contributed by atoms with E-state index in [1.807, 2.05) is 54.6 Å². The monoisotopic (exact) mass is 397 g/mol. The minimum atomic E-state index is 0.252. The van der Waals surface area contributed by atoms with Gasteiger partial charge in [0.2, 0.25) is 6.79 Å². The van der Waals surface area contributed by atoms with Crippen LogP contribution in [0.5, 0.6) is 23.0 Å². The zero-order valence-corrected chi connectivity index (χ0v) is 16.2. The first-order valence-corrected chi connectivity index (χ1v) is 9.27. The van der Waals surface area contributed by atoms with E-state index in [1.54, 1.807) is 13.2 Å². The molecule has 28 heavy (non-hydrogen) atoms. The summed E-state index contributed by atoms with van der Waals surface area (Å²) < 4.78 is 22.4. The van der Waals surface area contributed by atoms with E-state index in [2.05, 4.69) is 5.32 Å². The zero-order chi connectivity index (χ0) is 19.3. The number of hydrogen-bond donors (Lipinski definition) is 1. The van der Waals surface area contributed by atoms with E-state index in [1.165, 1.54) is 0 Å². The van der Waals surface area contributed by atoms with E-state index < -0.39 is 0 Å². The first kappa shape index (κ1) is 18.3. The van der Waals surface area contributed by atoms with Crippen LogP contribution in [0.1, 0.15) is 11.1 Å². The Morgan fingerprint density at radius 3 is 2.64 bits per heavy atom. The quantitative estimate of drug-likeness (QED) is 0.588. The van der Waals surface area contributed by atoms with Crippen LogP contribution in [-0.4, -0.2) is 13.9 Å². The largest absolute Gasteiger partial charge is 0.493 e. The molecule has 1 heterocycles. The minimum Gasteiger partial charge on any atom is -0.493 e. The summed E-state index contributed by atoms with van der Waals surface area (Å²) in [6, 6.07) is 19.4. The van der Waals surface area contributed by atoms with Gasteiger partial charge in [0.15, 0.2) is 23.0 Å². The summed E-state index contributed by atoms with van der Waals surface area (Å²) >= 11 is 6.28. The molecule has 0 aromatic heterocycles. The highest BCUT2D eigenvalue weighted by Crippen LogP contribution is 2.37. The van der Waals surface area contributed by atoms with Crippen molar-refractivity contribution in [1.82, 2.24) is 0 Å². The number of ether oxygens (including phenoxy) is 4. The molecule has 0 aliphatic carbocycles. The lowest BCUT2D eigenvalue weighted by atomic mass is 10.1. The zero-order valence-electron chi connectivity index (χ0n) is 15.4. The predicted octanol–water partition coefficient (Wildman–Crippen LogP) is 5.27. The number of benzene rings is 3. The normalized spacial score (nSPS) is 11.9. The molecule has 0 saturated carbocycles. The highest BCUT2D eigenvalue weighted by molar-refractivity contribution is 6.30. The average molecular weight is 398 g/mol. The van der Waals surface area contributed by atoms with E-state index in [0.717, 1.165) is 28.3 Å². The van der Waals surface area contributed by atoms with Crippen molar-refractivity contribution < 1.29 is 18.9 Å². The molecule has 0 fully saturated rings. The van der Waals surface area contributed by atoms with Gasteiger partial charge in [-0.1, -0.05) is 41.9 Å². The van der Waals surface area contributed by atoms with E-state index in [0.29, 0.717) is 29.7 Å². The number of nitrogens with one attached hydrogen (secondary N) is 1. The topological polar surface area (TPSA) is 49.0 Å². The third-order valence-electron chi connectivity index (χ3n) is 4.40. The van der Waals surface area contributed by atoms with E-state index in [9.17, 15) is 0 Å². The van der Waals surface area contributed by atoms with Gasteiger partial charge in [0, 0.05) is 35.0 Å². The van der Waals surface area contributed by atoms with Gasteiger partial charge >= 0.3 is 0 Å². The van der Waals surface area contributed by atoms with Gasteiger partial charge < -0.3 is 24.3 Å². The Hall–Kier alpha value is -3.05. The smallest absolute Gasteiger partial charge is 0.231 e. The van der Waals surface area contributed by atoms with Crippen molar-refractivity contribution in [2.45, 2.75) is 13.2 Å². The molecule has 3 aromatic carbocycles. The molecule has 0 atom stereocenters. The maximum Gasteiger partial charge on any atom is 0.231 e. The van der Waals surface area contributed by atoms with Gasteiger partial charge in [-0.3, -0.25) is 0 Å². The third-order valence-corrected chi connectivity index (χ3v) is 4.62. The maximum atomic E-state index is 6.28. The fourth-order valence-electron chi connectivity index (χ4n) is 3.00. The maximum absolute atomic E-state index is 6.28. The van der Waals surface area contributed by atoms with Crippen molar-refractivity contribution in [3.63, 3.8) is 0 Å². The first-order valence-electron chi connectivity index (χ1n) is 8.89. The Morgan fingerprint density at radius 1 is 1.00 bits per heavy atom. The van der Waals surface area contributed by atoms with Crippen LogP contribution in [0, 0.1) is 0 Å². The Balaban J connectivity index is 1.54. The molecule has 6 heteroatoms. The van der Waals surface area contributed by atoms with Gasteiger partial charge in [-0.2, -0.15) is 0 Å². The average Bonchev–Trinajstić information content (AvgIpc) is 3.19. The molecule has 0 saturated heterocycles. The van der Waals surface area contributed by atoms with E-state index >= 15 is 0 Å². The lowest BCUT2D eigenvalue weighted by molar-refractivity contribution is 0.174. The van der Waals surface area contributed by atoms with Crippen LogP contribution in [-0.2, 0) is 13.2 Å². The second-order valence-electron chi connectivity index (χ2n) is 6.29. The number of rotatable bonds is 7. The lowest BCUT2D eigenvalue weighted by Gasteiger charge is -2.17. The molecule has 0 spiro atoms. The van der Waals surface area contributed by atoms with Gasteiger partial charge in [-0.25, -0.2) is 0 Å². The summed E-state index contributed by atoms with van der Waals surface area (Å²) in [4.78, 5) is 0. The molecule has 1 aliphatic rings. The predicted molar refractivity (Wildman–Crippen MR) is 109 cm³/mol. The molecule has 4 rings (SSSR count). The molecular weight excluding hydrogens is 378 g/mol. The standard InChI is InChI=1S/C22H20ClNO4/c1-25-21-10-17(23)9-16(22(21)26-13-15-5-3-2-4-6-15)12-24-18-7-8-19-20(11-18)28-14-27-19/h2-11,24H,12-14H2,1H3. The van der Waals surface area contributed by atoms with E-state index in [4.69, 9.17) is 30.5 Å². The lowest BCUT2D eigenvalue weighted by Crippen LogP contribution is -2.05. The van der Waals surface area contributed by atoms with Gasteiger partial charge in [0.25, 0.3) is 0 Å². The molecule has 3 aromatic rings. The van der Waals surface area contributed by atoms with Crippen molar-refractivity contribution >= 4 is 17.3 Å². The summed E-state index contributed by atoms with van der Waals surface area (Å²) in [6.07, 6.45) is 0. The van der Waals surface area contributed by atoms with Crippen molar-refractivity contribution in [3.8, 4) is 23.0 Å². The summed E-state index contributed by atoms with van der Waals surface area (Å²) in [5.41, 5.74) is 2.89. The highest BCUT2D eigenvalue weighted by atomic mass is 35.5. The molecule has 0 unspecified atom stereocenters. The van der Waals surface area contributed by atoms with Crippen molar-refractivity contribution in [2.75, 3.05) is 19.2 Å². The Bertz CT molecular complexity index is 962. The van der Waals surface area contributed by atoms with Gasteiger partial charge in [-0.15, -0.1) is 0 Å². The van der Waals surface area contributed by atoms with Crippen molar-refractivity contribution in [2.24, 2.45) is 0 Å². The Morgan fingerprint density at radius 2 is 1.82 bits per heavy atom. The molecule has 1 aliphatic heterocycles. The Labute approximate surface area is 168 Å². The fourth-order valence-corrected chi connectivity index (χ4v) is 3.23. The number of hydrogen-bond acceptors (Lipinski definition) is 5. The van der Waals surface area contributed by atoms with Gasteiger partial charge in [0.1, 0.15) is 6.61 Å². The van der Waals surface area contributed by atoms with Gasteiger partial charge in [-0.05, 0) is 23.8 Å². The number of halogens is 1. The second-order valence-corrected chi connectivity index (χ2v) is 6.73. The van der Waals surface area contributed by atoms with Crippen LogP contribution < -0.4 is 24.3 Å². The van der Waals surface area contributed by atoms with Crippen LogP contribution in [0.25, 0.3) is 0 Å². The van der Waals surface area contributed by atoms with Crippen LogP contribution in [0.15, 0.2) is 60.7 Å². The Kier molecular flexibility index (Phi) is 5.44. The molecule has 144 valence electrons. The number of anilines is 1. The van der Waals surface area contributed by atoms with Gasteiger partial charge in [0.05, 0.1) is 7.11 Å². The molecule has 0 radical (unpaired) electrons. The molecular formula is C22H20ClNO4. The second kappa shape index (κ2) is 8.31. The van der Waals surface area contributed by atoms with Crippen LogP contribution in [0.2, 0.25) is 5.02 Å². The molecule has 0 bridgehead atoms. The first-order chi connectivity index (χ1) is 13.7. The summed E-state index contributed by atoms with van der Waals surface area (Å²) in [6.45, 7) is 1.21. The van der Waals surface area contributed by atoms with Crippen LogP contribution in [0.3, 0.4) is 0 Å². The molecule has 0 amide bonds. The SMILES string of the molecule is COc1cc(Cl)cc(CNc2ccc3c(c2)OCO3)c1OCc1ccccc1. The number of fused-ring (bicyclic) bond motifs is 1. The third kappa shape index (κ3) is 4.10. The minimum absolute atomic E-state index is 0.252. The molecule has 1 N–H and O–H groups in total. The fraction of sp³-hybridized carbons (Fsp3) is 0.182. The summed E-state index contributed by atoms with van der Waals surface area (Å²) in [5.74, 6) is 2.76. The highest BCUT2D eigenvalue weighted by Gasteiger charge is 2.15. The molecule has 5 nitrogen and oxygen atoms in total. The van der Waals surface area contributed by atoms with Crippen molar-refractivity contribution in [3.05, 3.63) is 76.8 Å². The van der Waals surface area contributed by atoms with Crippen LogP contribution in [0.4, 0.5) is 5.69 Å².